The zero-order valence-electron chi connectivity index (χ0n) is 13.1. The molecule has 0 aliphatic heterocycles. The summed E-state index contributed by atoms with van der Waals surface area (Å²) in [7, 11) is 0. The van der Waals surface area contributed by atoms with Crippen molar-refractivity contribution in [1.29, 1.82) is 0 Å². The third-order valence-electron chi connectivity index (χ3n) is 3.77. The monoisotopic (exact) mass is 277 g/mol. The van der Waals surface area contributed by atoms with Crippen LogP contribution in [-0.2, 0) is 6.61 Å². The first-order chi connectivity index (χ1) is 9.52. The molecule has 1 N–H and O–H groups in total. The van der Waals surface area contributed by atoms with Gasteiger partial charge in [0.1, 0.15) is 5.82 Å². The van der Waals surface area contributed by atoms with E-state index in [9.17, 15) is 5.11 Å². The van der Waals surface area contributed by atoms with E-state index in [1.54, 1.807) is 0 Å². The molecule has 0 aromatic carbocycles. The molecule has 0 amide bonds. The first-order valence-electron chi connectivity index (χ1n) is 7.76. The quantitative estimate of drug-likeness (QED) is 0.832. The van der Waals surface area contributed by atoms with Crippen LogP contribution in [0.15, 0.2) is 6.20 Å². The molecule has 4 heteroatoms. The van der Waals surface area contributed by atoms with Crippen molar-refractivity contribution < 1.29 is 5.11 Å². The number of aliphatic hydroxyl groups is 1. The van der Waals surface area contributed by atoms with Crippen LogP contribution in [0.4, 0.5) is 5.69 Å². The van der Waals surface area contributed by atoms with Crippen LogP contribution < -0.4 is 4.90 Å². The second kappa shape index (κ2) is 6.53. The second-order valence-corrected chi connectivity index (χ2v) is 6.48. The normalized spacial score (nSPS) is 15.2. The van der Waals surface area contributed by atoms with Gasteiger partial charge in [-0.15, -0.1) is 0 Å². The number of aromatic nitrogens is 2. The molecule has 20 heavy (non-hydrogen) atoms. The van der Waals surface area contributed by atoms with Crippen LogP contribution in [0.1, 0.15) is 64.4 Å². The third kappa shape index (κ3) is 3.69. The van der Waals surface area contributed by atoms with Gasteiger partial charge in [0, 0.05) is 18.5 Å². The summed E-state index contributed by atoms with van der Waals surface area (Å²) in [5, 5.41) is 9.64. The molecule has 0 saturated heterocycles. The summed E-state index contributed by atoms with van der Waals surface area (Å²) in [4.78, 5) is 11.4. The van der Waals surface area contributed by atoms with Crippen molar-refractivity contribution in [3.63, 3.8) is 0 Å². The van der Waals surface area contributed by atoms with Crippen molar-refractivity contribution in [2.75, 3.05) is 11.4 Å². The summed E-state index contributed by atoms with van der Waals surface area (Å²) in [6.45, 7) is 9.66. The Morgan fingerprint density at radius 3 is 2.50 bits per heavy atom. The van der Waals surface area contributed by atoms with Crippen molar-refractivity contribution in [3.05, 3.63) is 17.7 Å². The third-order valence-corrected chi connectivity index (χ3v) is 3.77. The highest BCUT2D eigenvalue weighted by Gasteiger charge is 2.31. The van der Waals surface area contributed by atoms with Crippen LogP contribution in [0.3, 0.4) is 0 Å². The molecule has 1 aromatic rings. The van der Waals surface area contributed by atoms with Crippen LogP contribution in [0.25, 0.3) is 0 Å². The van der Waals surface area contributed by atoms with Gasteiger partial charge in [0.05, 0.1) is 24.2 Å². The van der Waals surface area contributed by atoms with Crippen molar-refractivity contribution >= 4 is 5.69 Å². The van der Waals surface area contributed by atoms with Crippen LogP contribution in [0, 0.1) is 5.92 Å². The van der Waals surface area contributed by atoms with Crippen molar-refractivity contribution in [2.24, 2.45) is 5.92 Å². The fraction of sp³-hybridized carbons (Fsp3) is 0.750. The number of aliphatic hydroxyl groups excluding tert-OH is 1. The van der Waals surface area contributed by atoms with Gasteiger partial charge in [0.2, 0.25) is 0 Å². The largest absolute Gasteiger partial charge is 0.390 e. The minimum Gasteiger partial charge on any atom is -0.390 e. The molecule has 0 bridgehead atoms. The molecule has 0 unspecified atom stereocenters. The van der Waals surface area contributed by atoms with Gasteiger partial charge < -0.3 is 10.0 Å². The molecule has 2 rings (SSSR count). The predicted molar refractivity (Wildman–Crippen MR) is 81.9 cm³/mol. The number of rotatable bonds is 7. The van der Waals surface area contributed by atoms with Gasteiger partial charge in [-0.3, -0.25) is 0 Å². The Morgan fingerprint density at radius 2 is 2.00 bits per heavy atom. The fourth-order valence-corrected chi connectivity index (χ4v) is 2.34. The first-order valence-corrected chi connectivity index (χ1v) is 7.76. The topological polar surface area (TPSA) is 49.2 Å². The standard InChI is InChI=1S/C16H27N3O/c1-11(2)7-8-19(13-5-6-13)15-9-17-16(12(3)4)18-14(15)10-20/h9,11-13,20H,5-8,10H2,1-4H3. The summed E-state index contributed by atoms with van der Waals surface area (Å²) in [5.41, 5.74) is 1.81. The van der Waals surface area contributed by atoms with Gasteiger partial charge in [-0.1, -0.05) is 27.7 Å². The van der Waals surface area contributed by atoms with Crippen molar-refractivity contribution in [3.8, 4) is 0 Å². The van der Waals surface area contributed by atoms with E-state index in [1.165, 1.54) is 12.8 Å². The number of anilines is 1. The zero-order valence-corrected chi connectivity index (χ0v) is 13.1. The van der Waals surface area contributed by atoms with E-state index in [0.29, 0.717) is 17.9 Å². The fourth-order valence-electron chi connectivity index (χ4n) is 2.34. The molecule has 1 fully saturated rings. The summed E-state index contributed by atoms with van der Waals surface area (Å²) in [6.07, 6.45) is 5.56. The lowest BCUT2D eigenvalue weighted by atomic mass is 10.1. The van der Waals surface area contributed by atoms with Crippen molar-refractivity contribution in [1.82, 2.24) is 9.97 Å². The van der Waals surface area contributed by atoms with E-state index < -0.39 is 0 Å². The smallest absolute Gasteiger partial charge is 0.131 e. The Bertz CT molecular complexity index is 441. The Labute approximate surface area is 122 Å². The summed E-state index contributed by atoms with van der Waals surface area (Å²) < 4.78 is 0. The molecule has 0 radical (unpaired) electrons. The first kappa shape index (κ1) is 15.2. The Balaban J connectivity index is 2.23. The summed E-state index contributed by atoms with van der Waals surface area (Å²) in [5.74, 6) is 1.79. The van der Waals surface area contributed by atoms with Crippen LogP contribution in [0.5, 0.6) is 0 Å². The van der Waals surface area contributed by atoms with E-state index in [0.717, 1.165) is 30.2 Å². The van der Waals surface area contributed by atoms with Crippen molar-refractivity contribution in [2.45, 2.75) is 65.5 Å². The molecule has 1 aliphatic rings. The van der Waals surface area contributed by atoms with Gasteiger partial charge in [0.15, 0.2) is 0 Å². The lowest BCUT2D eigenvalue weighted by molar-refractivity contribution is 0.276. The number of hydrogen-bond acceptors (Lipinski definition) is 4. The lowest BCUT2D eigenvalue weighted by Crippen LogP contribution is -2.29. The lowest BCUT2D eigenvalue weighted by Gasteiger charge is -2.27. The maximum Gasteiger partial charge on any atom is 0.131 e. The summed E-state index contributed by atoms with van der Waals surface area (Å²) >= 11 is 0. The maximum absolute atomic E-state index is 9.64. The predicted octanol–water partition coefficient (Wildman–Crippen LogP) is 3.11. The number of hydrogen-bond donors (Lipinski definition) is 1. The summed E-state index contributed by atoms with van der Waals surface area (Å²) in [6, 6.07) is 0.618. The molecule has 1 heterocycles. The van der Waals surface area contributed by atoms with E-state index in [1.807, 2.05) is 6.20 Å². The van der Waals surface area contributed by atoms with Crippen LogP contribution in [0.2, 0.25) is 0 Å². The average molecular weight is 277 g/mol. The van der Waals surface area contributed by atoms with Gasteiger partial charge >= 0.3 is 0 Å². The SMILES string of the molecule is CC(C)CCN(c1cnc(C(C)C)nc1CO)C1CC1. The van der Waals surface area contributed by atoms with Gasteiger partial charge in [-0.2, -0.15) is 0 Å². The highest BCUT2D eigenvalue weighted by atomic mass is 16.3. The minimum atomic E-state index is -0.0114. The average Bonchev–Trinajstić information content (AvgIpc) is 3.23. The molecule has 4 nitrogen and oxygen atoms in total. The zero-order chi connectivity index (χ0) is 14.7. The molecular formula is C16H27N3O. The van der Waals surface area contributed by atoms with Gasteiger partial charge in [-0.05, 0) is 25.2 Å². The molecule has 0 atom stereocenters. The molecule has 1 aromatic heterocycles. The van der Waals surface area contributed by atoms with E-state index in [-0.39, 0.29) is 6.61 Å². The molecular weight excluding hydrogens is 250 g/mol. The van der Waals surface area contributed by atoms with E-state index in [2.05, 4.69) is 42.6 Å². The van der Waals surface area contributed by atoms with Gasteiger partial charge in [-0.25, -0.2) is 9.97 Å². The molecule has 1 saturated carbocycles. The van der Waals surface area contributed by atoms with Crippen LogP contribution in [-0.4, -0.2) is 27.7 Å². The molecule has 112 valence electrons. The number of nitrogens with zero attached hydrogens (tertiary/aromatic N) is 3. The van der Waals surface area contributed by atoms with E-state index >= 15 is 0 Å². The second-order valence-electron chi connectivity index (χ2n) is 6.48. The molecule has 0 spiro atoms. The highest BCUT2D eigenvalue weighted by molar-refractivity contribution is 5.51. The maximum atomic E-state index is 9.64. The Kier molecular flexibility index (Phi) is 4.97. The highest BCUT2D eigenvalue weighted by Crippen LogP contribution is 2.33. The van der Waals surface area contributed by atoms with Gasteiger partial charge in [0.25, 0.3) is 0 Å². The Hall–Kier alpha value is -1.16. The molecule has 1 aliphatic carbocycles. The van der Waals surface area contributed by atoms with E-state index in [4.69, 9.17) is 0 Å². The van der Waals surface area contributed by atoms with Crippen LogP contribution >= 0.6 is 0 Å². The minimum absolute atomic E-state index is 0.0114. The Morgan fingerprint density at radius 1 is 1.30 bits per heavy atom.